The summed E-state index contributed by atoms with van der Waals surface area (Å²) in [6, 6.07) is 11.1. The van der Waals surface area contributed by atoms with Crippen molar-refractivity contribution in [1.82, 2.24) is 14.5 Å². The summed E-state index contributed by atoms with van der Waals surface area (Å²) < 4.78 is 1.73. The lowest BCUT2D eigenvalue weighted by Gasteiger charge is -2.42. The van der Waals surface area contributed by atoms with Gasteiger partial charge in [0.15, 0.2) is 5.82 Å². The molecule has 1 saturated heterocycles. The predicted octanol–water partition coefficient (Wildman–Crippen LogP) is 2.75. The highest BCUT2D eigenvalue weighted by Crippen LogP contribution is 2.20. The molecule has 0 spiro atoms. The lowest BCUT2D eigenvalue weighted by molar-refractivity contribution is 0.158. The summed E-state index contributed by atoms with van der Waals surface area (Å²) in [7, 11) is 0. The molecule has 0 aliphatic carbocycles. The maximum absolute atomic E-state index is 12.6. The molecule has 134 valence electrons. The molecular weight excluding hydrogens is 312 g/mol. The van der Waals surface area contributed by atoms with Crippen molar-refractivity contribution in [3.05, 3.63) is 58.6 Å². The van der Waals surface area contributed by atoms with Crippen LogP contribution in [0.5, 0.6) is 0 Å². The molecule has 5 nitrogen and oxygen atoms in total. The van der Waals surface area contributed by atoms with E-state index in [1.807, 2.05) is 6.92 Å². The Morgan fingerprint density at radius 1 is 1.16 bits per heavy atom. The van der Waals surface area contributed by atoms with Gasteiger partial charge in [0.05, 0.1) is 0 Å². The quantitative estimate of drug-likeness (QED) is 0.811. The smallest absolute Gasteiger partial charge is 0.293 e. The van der Waals surface area contributed by atoms with E-state index in [4.69, 9.17) is 0 Å². The van der Waals surface area contributed by atoms with Gasteiger partial charge in [0.25, 0.3) is 5.56 Å². The number of nitrogens with zero attached hydrogens (tertiary/aromatic N) is 4. The average molecular weight is 340 g/mol. The highest BCUT2D eigenvalue weighted by Gasteiger charge is 2.28. The van der Waals surface area contributed by atoms with Crippen molar-refractivity contribution >= 4 is 5.82 Å². The van der Waals surface area contributed by atoms with Crippen molar-refractivity contribution in [2.75, 3.05) is 24.5 Å². The molecule has 1 aliphatic heterocycles. The normalized spacial score (nSPS) is 18.5. The molecule has 0 bridgehead atoms. The van der Waals surface area contributed by atoms with Gasteiger partial charge in [0, 0.05) is 51.2 Å². The molecule has 1 aromatic carbocycles. The summed E-state index contributed by atoms with van der Waals surface area (Å²) in [6.07, 6.45) is 5.79. The highest BCUT2D eigenvalue weighted by atomic mass is 16.1. The van der Waals surface area contributed by atoms with Crippen LogP contribution >= 0.6 is 0 Å². The first-order chi connectivity index (χ1) is 12.2. The third kappa shape index (κ3) is 4.10. The van der Waals surface area contributed by atoms with Crippen LogP contribution < -0.4 is 10.5 Å². The van der Waals surface area contributed by atoms with Crippen molar-refractivity contribution in [2.24, 2.45) is 0 Å². The molecular formula is C20H28N4O. The average Bonchev–Trinajstić information content (AvgIpc) is 2.64. The molecule has 2 heterocycles. The standard InChI is InChI=1S/C20H28N4O/c1-3-8-18-16-24(19-20(25)22(4-2)12-11-21-19)14-13-23(18)15-17-9-6-5-7-10-17/h5-7,9-12,18H,3-4,8,13-16H2,1-2H3. The molecule has 1 fully saturated rings. The van der Waals surface area contributed by atoms with Gasteiger partial charge in [-0.3, -0.25) is 9.69 Å². The molecule has 0 N–H and O–H groups in total. The second-order valence-electron chi connectivity index (χ2n) is 6.69. The fourth-order valence-corrected chi connectivity index (χ4v) is 3.62. The Kier molecular flexibility index (Phi) is 5.87. The van der Waals surface area contributed by atoms with Crippen LogP contribution in [-0.2, 0) is 13.1 Å². The Hall–Kier alpha value is -2.14. The summed E-state index contributed by atoms with van der Waals surface area (Å²) in [5, 5.41) is 0. The summed E-state index contributed by atoms with van der Waals surface area (Å²) >= 11 is 0. The molecule has 2 aromatic rings. The number of benzene rings is 1. The van der Waals surface area contributed by atoms with Crippen molar-refractivity contribution in [1.29, 1.82) is 0 Å². The van der Waals surface area contributed by atoms with Crippen LogP contribution in [0.3, 0.4) is 0 Å². The summed E-state index contributed by atoms with van der Waals surface area (Å²) in [4.78, 5) is 21.7. The Morgan fingerprint density at radius 3 is 2.68 bits per heavy atom. The van der Waals surface area contributed by atoms with E-state index in [0.29, 0.717) is 18.4 Å². The van der Waals surface area contributed by atoms with Crippen LogP contribution in [0.2, 0.25) is 0 Å². The van der Waals surface area contributed by atoms with E-state index < -0.39 is 0 Å². The minimum atomic E-state index is 0.0248. The second-order valence-corrected chi connectivity index (χ2v) is 6.69. The molecule has 0 saturated carbocycles. The van der Waals surface area contributed by atoms with Crippen LogP contribution in [0, 0.1) is 0 Å². The van der Waals surface area contributed by atoms with Crippen molar-refractivity contribution in [2.45, 2.75) is 45.8 Å². The number of anilines is 1. The first-order valence-electron chi connectivity index (χ1n) is 9.31. The van der Waals surface area contributed by atoms with Crippen LogP contribution in [0.4, 0.5) is 5.82 Å². The predicted molar refractivity (Wildman–Crippen MR) is 102 cm³/mol. The molecule has 5 heteroatoms. The summed E-state index contributed by atoms with van der Waals surface area (Å²) in [5.41, 5.74) is 1.37. The zero-order valence-corrected chi connectivity index (χ0v) is 15.3. The number of hydrogen-bond donors (Lipinski definition) is 0. The molecule has 0 amide bonds. The first-order valence-corrected chi connectivity index (χ1v) is 9.31. The van der Waals surface area contributed by atoms with Gasteiger partial charge in [0.1, 0.15) is 0 Å². The monoisotopic (exact) mass is 340 g/mol. The fraction of sp³-hybridized carbons (Fsp3) is 0.500. The van der Waals surface area contributed by atoms with Crippen LogP contribution in [-0.4, -0.2) is 40.1 Å². The minimum absolute atomic E-state index is 0.0248. The third-order valence-corrected chi connectivity index (χ3v) is 4.99. The Balaban J connectivity index is 1.76. The maximum Gasteiger partial charge on any atom is 0.293 e. The minimum Gasteiger partial charge on any atom is -0.349 e. The number of aryl methyl sites for hydroxylation is 1. The van der Waals surface area contributed by atoms with E-state index in [0.717, 1.165) is 39.0 Å². The summed E-state index contributed by atoms with van der Waals surface area (Å²) in [6.45, 7) is 8.55. The zero-order valence-electron chi connectivity index (χ0n) is 15.3. The lowest BCUT2D eigenvalue weighted by Crippen LogP contribution is -2.54. The molecule has 0 radical (unpaired) electrons. The van der Waals surface area contributed by atoms with Crippen molar-refractivity contribution < 1.29 is 0 Å². The van der Waals surface area contributed by atoms with Gasteiger partial charge >= 0.3 is 0 Å². The largest absolute Gasteiger partial charge is 0.349 e. The van der Waals surface area contributed by atoms with E-state index in [1.165, 1.54) is 5.56 Å². The zero-order chi connectivity index (χ0) is 17.6. The molecule has 1 atom stereocenters. The molecule has 1 unspecified atom stereocenters. The third-order valence-electron chi connectivity index (χ3n) is 4.99. The number of piperazine rings is 1. The Morgan fingerprint density at radius 2 is 1.96 bits per heavy atom. The van der Waals surface area contributed by atoms with E-state index in [1.54, 1.807) is 17.0 Å². The van der Waals surface area contributed by atoms with Crippen LogP contribution in [0.25, 0.3) is 0 Å². The van der Waals surface area contributed by atoms with Crippen molar-refractivity contribution in [3.63, 3.8) is 0 Å². The van der Waals surface area contributed by atoms with Gasteiger partial charge in [0.2, 0.25) is 0 Å². The van der Waals surface area contributed by atoms with Gasteiger partial charge < -0.3 is 9.47 Å². The molecule has 1 aliphatic rings. The number of aromatic nitrogens is 2. The highest BCUT2D eigenvalue weighted by molar-refractivity contribution is 5.37. The lowest BCUT2D eigenvalue weighted by atomic mass is 10.1. The SMILES string of the molecule is CCCC1CN(c2nccn(CC)c2=O)CCN1Cc1ccccc1. The molecule has 25 heavy (non-hydrogen) atoms. The van der Waals surface area contributed by atoms with Gasteiger partial charge in [-0.25, -0.2) is 4.98 Å². The maximum atomic E-state index is 12.6. The van der Waals surface area contributed by atoms with E-state index in [2.05, 4.69) is 52.0 Å². The van der Waals surface area contributed by atoms with Crippen LogP contribution in [0.15, 0.2) is 47.5 Å². The van der Waals surface area contributed by atoms with Gasteiger partial charge in [-0.1, -0.05) is 43.7 Å². The van der Waals surface area contributed by atoms with Crippen molar-refractivity contribution in [3.8, 4) is 0 Å². The Labute approximate surface area is 149 Å². The molecule has 3 rings (SSSR count). The van der Waals surface area contributed by atoms with E-state index >= 15 is 0 Å². The fourth-order valence-electron chi connectivity index (χ4n) is 3.62. The van der Waals surface area contributed by atoms with Gasteiger partial charge in [-0.2, -0.15) is 0 Å². The Bertz CT molecular complexity index is 728. The van der Waals surface area contributed by atoms with Gasteiger partial charge in [-0.15, -0.1) is 0 Å². The topological polar surface area (TPSA) is 41.4 Å². The van der Waals surface area contributed by atoms with Gasteiger partial charge in [-0.05, 0) is 18.9 Å². The van der Waals surface area contributed by atoms with Crippen LogP contribution in [0.1, 0.15) is 32.3 Å². The number of hydrogen-bond acceptors (Lipinski definition) is 4. The summed E-state index contributed by atoms with van der Waals surface area (Å²) in [5.74, 6) is 0.602. The number of rotatable bonds is 6. The first kappa shape index (κ1) is 17.7. The van der Waals surface area contributed by atoms with E-state index in [9.17, 15) is 4.79 Å². The molecule has 1 aromatic heterocycles. The second kappa shape index (κ2) is 8.30. The van der Waals surface area contributed by atoms with E-state index in [-0.39, 0.29) is 5.56 Å².